The van der Waals surface area contributed by atoms with E-state index in [9.17, 15) is 0 Å². The summed E-state index contributed by atoms with van der Waals surface area (Å²) in [6.07, 6.45) is 0. The van der Waals surface area contributed by atoms with Gasteiger partial charge in [-0.15, -0.1) is 0 Å². The number of nitrogens with zero attached hydrogens (tertiary/aromatic N) is 3. The van der Waals surface area contributed by atoms with E-state index in [-0.39, 0.29) is 0 Å². The van der Waals surface area contributed by atoms with Crippen LogP contribution in [0.5, 0.6) is 0 Å². The Hall–Kier alpha value is -2.89. The van der Waals surface area contributed by atoms with Crippen LogP contribution in [-0.2, 0) is 0 Å². The van der Waals surface area contributed by atoms with E-state index < -0.39 is 0 Å². The number of benzene rings is 1. The molecule has 0 aliphatic heterocycles. The van der Waals surface area contributed by atoms with E-state index in [1.807, 2.05) is 26.0 Å². The van der Waals surface area contributed by atoms with Gasteiger partial charge in [0.2, 0.25) is 0 Å². The Balaban J connectivity index is 1.85. The monoisotopic (exact) mass is 309 g/mol. The fraction of sp³-hybridized carbons (Fsp3) is 0.235. The lowest BCUT2D eigenvalue weighted by molar-refractivity contribution is 0.400. The Morgan fingerprint density at radius 2 is 1.39 bits per heavy atom. The van der Waals surface area contributed by atoms with Crippen molar-refractivity contribution in [3.8, 4) is 0 Å². The molecule has 118 valence electrons. The predicted molar refractivity (Wildman–Crippen MR) is 90.5 cm³/mol. The highest BCUT2D eigenvalue weighted by molar-refractivity contribution is 5.62. The first kappa shape index (κ1) is 15.0. The van der Waals surface area contributed by atoms with Gasteiger partial charge in [0.25, 0.3) is 0 Å². The lowest BCUT2D eigenvalue weighted by Gasteiger charge is -2.10. The lowest BCUT2D eigenvalue weighted by atomic mass is 10.1. The first-order chi connectivity index (χ1) is 11.0. The third kappa shape index (κ3) is 3.85. The fourth-order valence-corrected chi connectivity index (χ4v) is 2.45. The van der Waals surface area contributed by atoms with Gasteiger partial charge < -0.3 is 15.2 Å². The minimum Gasteiger partial charge on any atom is -0.360 e. The van der Waals surface area contributed by atoms with Crippen molar-refractivity contribution in [1.29, 1.82) is 0 Å². The molecule has 0 fully saturated rings. The number of anilines is 4. The van der Waals surface area contributed by atoms with Crippen molar-refractivity contribution in [1.82, 2.24) is 15.1 Å². The number of aromatic nitrogens is 3. The van der Waals surface area contributed by atoms with Crippen LogP contribution in [0, 0.1) is 27.7 Å². The van der Waals surface area contributed by atoms with Crippen molar-refractivity contribution >= 4 is 23.1 Å². The van der Waals surface area contributed by atoms with Gasteiger partial charge in [0, 0.05) is 17.8 Å². The van der Waals surface area contributed by atoms with Crippen LogP contribution in [0.3, 0.4) is 0 Å². The smallest absolute Gasteiger partial charge is 0.175 e. The molecule has 1 aromatic carbocycles. The van der Waals surface area contributed by atoms with Gasteiger partial charge >= 0.3 is 0 Å². The molecule has 23 heavy (non-hydrogen) atoms. The van der Waals surface area contributed by atoms with E-state index in [0.717, 1.165) is 17.3 Å². The summed E-state index contributed by atoms with van der Waals surface area (Å²) in [5.74, 6) is 3.43. The van der Waals surface area contributed by atoms with Crippen LogP contribution in [0.25, 0.3) is 0 Å². The molecule has 3 aromatic rings. The molecule has 0 bridgehead atoms. The molecule has 0 aliphatic carbocycles. The van der Waals surface area contributed by atoms with E-state index in [2.05, 4.69) is 57.8 Å². The summed E-state index contributed by atoms with van der Waals surface area (Å²) in [6, 6.07) is 9.95. The molecule has 0 spiro atoms. The minimum absolute atomic E-state index is 0.623. The summed E-state index contributed by atoms with van der Waals surface area (Å²) in [4.78, 5) is 8.80. The lowest BCUT2D eigenvalue weighted by Crippen LogP contribution is -2.02. The van der Waals surface area contributed by atoms with Gasteiger partial charge in [-0.1, -0.05) is 11.2 Å². The summed E-state index contributed by atoms with van der Waals surface area (Å²) in [6.45, 7) is 7.84. The number of rotatable bonds is 4. The number of nitrogens with one attached hydrogen (secondary N) is 2. The average Bonchev–Trinajstić information content (AvgIpc) is 2.82. The number of aryl methyl sites for hydroxylation is 4. The largest absolute Gasteiger partial charge is 0.360 e. The van der Waals surface area contributed by atoms with Crippen LogP contribution in [0.1, 0.15) is 22.7 Å². The number of hydrogen-bond acceptors (Lipinski definition) is 6. The van der Waals surface area contributed by atoms with Crippen LogP contribution in [0.4, 0.5) is 23.1 Å². The molecule has 0 atom stereocenters. The summed E-state index contributed by atoms with van der Waals surface area (Å²) >= 11 is 0. The molecule has 6 heteroatoms. The zero-order valence-electron chi connectivity index (χ0n) is 13.6. The van der Waals surface area contributed by atoms with Crippen molar-refractivity contribution in [2.45, 2.75) is 27.7 Å². The van der Waals surface area contributed by atoms with Gasteiger partial charge in [0.1, 0.15) is 23.2 Å². The predicted octanol–water partition coefficient (Wildman–Crippen LogP) is 4.19. The molecular formula is C17H19N5O. The second-order valence-electron chi connectivity index (χ2n) is 5.63. The first-order valence-corrected chi connectivity index (χ1v) is 7.39. The molecule has 2 aromatic heterocycles. The third-order valence-electron chi connectivity index (χ3n) is 3.22. The summed E-state index contributed by atoms with van der Waals surface area (Å²) in [7, 11) is 0. The number of hydrogen-bond donors (Lipinski definition) is 2. The quantitative estimate of drug-likeness (QED) is 0.752. The fourth-order valence-electron chi connectivity index (χ4n) is 2.45. The normalized spacial score (nSPS) is 10.6. The van der Waals surface area contributed by atoms with Gasteiger partial charge in [0.05, 0.1) is 0 Å². The standard InChI is InChI=1S/C17H19N5O/c1-10-5-11(2)7-14(6-10)20-15-9-16(19-13(4)18-15)21-17-8-12(3)23-22-17/h5-9H,1-4H3,(H2,18,19,20,21,22). The molecule has 0 radical (unpaired) electrons. The van der Waals surface area contributed by atoms with Gasteiger partial charge in [-0.3, -0.25) is 0 Å². The van der Waals surface area contributed by atoms with E-state index in [1.54, 1.807) is 0 Å². The molecule has 0 unspecified atom stereocenters. The van der Waals surface area contributed by atoms with E-state index in [0.29, 0.717) is 17.5 Å². The van der Waals surface area contributed by atoms with E-state index in [1.165, 1.54) is 11.1 Å². The van der Waals surface area contributed by atoms with Crippen LogP contribution in [0.2, 0.25) is 0 Å². The van der Waals surface area contributed by atoms with Crippen molar-refractivity contribution in [3.05, 3.63) is 53.0 Å². The third-order valence-corrected chi connectivity index (χ3v) is 3.22. The minimum atomic E-state index is 0.623. The van der Waals surface area contributed by atoms with Crippen LogP contribution >= 0.6 is 0 Å². The topological polar surface area (TPSA) is 75.9 Å². The Bertz CT molecular complexity index is 821. The maximum absolute atomic E-state index is 5.05. The summed E-state index contributed by atoms with van der Waals surface area (Å²) in [5.41, 5.74) is 3.41. The maximum Gasteiger partial charge on any atom is 0.175 e. The van der Waals surface area contributed by atoms with Crippen molar-refractivity contribution in [2.75, 3.05) is 10.6 Å². The van der Waals surface area contributed by atoms with Gasteiger partial charge in [0.15, 0.2) is 5.82 Å². The van der Waals surface area contributed by atoms with Gasteiger partial charge in [-0.05, 0) is 51.0 Å². The molecule has 0 saturated heterocycles. The van der Waals surface area contributed by atoms with Crippen LogP contribution in [-0.4, -0.2) is 15.1 Å². The molecule has 0 saturated carbocycles. The van der Waals surface area contributed by atoms with Crippen molar-refractivity contribution < 1.29 is 4.52 Å². The van der Waals surface area contributed by atoms with E-state index in [4.69, 9.17) is 4.52 Å². The molecular weight excluding hydrogens is 290 g/mol. The highest BCUT2D eigenvalue weighted by Gasteiger charge is 2.06. The maximum atomic E-state index is 5.05. The first-order valence-electron chi connectivity index (χ1n) is 7.39. The van der Waals surface area contributed by atoms with Crippen LogP contribution < -0.4 is 10.6 Å². The van der Waals surface area contributed by atoms with Gasteiger partial charge in [-0.2, -0.15) is 0 Å². The highest BCUT2D eigenvalue weighted by atomic mass is 16.5. The molecule has 6 nitrogen and oxygen atoms in total. The zero-order chi connectivity index (χ0) is 16.4. The molecule has 2 N–H and O–H groups in total. The Labute approximate surface area is 135 Å². The highest BCUT2D eigenvalue weighted by Crippen LogP contribution is 2.21. The second kappa shape index (κ2) is 6.08. The van der Waals surface area contributed by atoms with Crippen LogP contribution in [0.15, 0.2) is 34.9 Å². The summed E-state index contributed by atoms with van der Waals surface area (Å²) in [5, 5.41) is 10.4. The molecule has 0 aliphatic rings. The SMILES string of the molecule is Cc1cc(C)cc(Nc2cc(Nc3cc(C)on3)nc(C)n2)c1. The van der Waals surface area contributed by atoms with Gasteiger partial charge in [-0.25, -0.2) is 9.97 Å². The zero-order valence-corrected chi connectivity index (χ0v) is 13.6. The van der Waals surface area contributed by atoms with E-state index >= 15 is 0 Å². The molecule has 0 amide bonds. The summed E-state index contributed by atoms with van der Waals surface area (Å²) < 4.78 is 5.05. The Morgan fingerprint density at radius 3 is 2.00 bits per heavy atom. The molecule has 2 heterocycles. The molecule has 3 rings (SSSR count). The Morgan fingerprint density at radius 1 is 0.739 bits per heavy atom. The Kier molecular flexibility index (Phi) is 3.97. The van der Waals surface area contributed by atoms with Crippen molar-refractivity contribution in [3.63, 3.8) is 0 Å². The second-order valence-corrected chi connectivity index (χ2v) is 5.63. The van der Waals surface area contributed by atoms with Crippen molar-refractivity contribution in [2.24, 2.45) is 0 Å². The average molecular weight is 309 g/mol.